The molecule has 0 saturated heterocycles. The third kappa shape index (κ3) is 2.36. The van der Waals surface area contributed by atoms with Gasteiger partial charge in [-0.2, -0.15) is 0 Å². The Labute approximate surface area is 89.1 Å². The van der Waals surface area contributed by atoms with Crippen molar-refractivity contribution in [3.8, 4) is 0 Å². The van der Waals surface area contributed by atoms with Gasteiger partial charge in [0.25, 0.3) is 0 Å². The van der Waals surface area contributed by atoms with Crippen LogP contribution in [-0.4, -0.2) is 17.6 Å². The van der Waals surface area contributed by atoms with Crippen molar-refractivity contribution in [1.82, 2.24) is 5.32 Å². The lowest BCUT2D eigenvalue weighted by atomic mass is 10.1. The highest BCUT2D eigenvalue weighted by molar-refractivity contribution is 5.76. The van der Waals surface area contributed by atoms with Gasteiger partial charge < -0.3 is 10.4 Å². The minimum absolute atomic E-state index is 0.324. The molecule has 1 aliphatic carbocycles. The Hall–Kier alpha value is -1.35. The van der Waals surface area contributed by atoms with Crippen molar-refractivity contribution >= 4 is 5.91 Å². The highest BCUT2D eigenvalue weighted by atomic mass is 16.3. The van der Waals surface area contributed by atoms with Crippen LogP contribution in [0.3, 0.4) is 0 Å². The molecule has 0 heterocycles. The zero-order chi connectivity index (χ0) is 10.7. The van der Waals surface area contributed by atoms with Gasteiger partial charge in [-0.3, -0.25) is 4.79 Å². The summed E-state index contributed by atoms with van der Waals surface area (Å²) in [6.45, 7) is 0.0671. The Bertz CT molecular complexity index is 374. The Balaban J connectivity index is 2.01. The Morgan fingerprint density at radius 1 is 1.33 bits per heavy atom. The summed E-state index contributed by atoms with van der Waals surface area (Å²) in [4.78, 5) is 10.9. The summed E-state index contributed by atoms with van der Waals surface area (Å²) in [7, 11) is 0. The molecule has 0 atom stereocenters. The number of aliphatic hydroxyl groups excluding tert-OH is 1. The van der Waals surface area contributed by atoms with Gasteiger partial charge in [-0.25, -0.2) is 0 Å². The lowest BCUT2D eigenvalue weighted by Crippen LogP contribution is -2.25. The first-order chi connectivity index (χ1) is 7.29. The number of aryl methyl sites for hydroxylation is 2. The molecule has 2 rings (SSSR count). The standard InChI is InChI=1S/C12H15NO2/c14-8-12(15)13-7-9-4-5-10-2-1-3-11(10)6-9/h4-6,14H,1-3,7-8H2,(H,13,15). The van der Waals surface area contributed by atoms with Crippen LogP contribution in [0.1, 0.15) is 23.1 Å². The van der Waals surface area contributed by atoms with Crippen LogP contribution >= 0.6 is 0 Å². The Kier molecular flexibility index (Phi) is 3.02. The number of amides is 1. The second-order valence-corrected chi connectivity index (χ2v) is 3.89. The Morgan fingerprint density at radius 2 is 2.13 bits per heavy atom. The molecule has 3 nitrogen and oxygen atoms in total. The Morgan fingerprint density at radius 3 is 2.93 bits per heavy atom. The summed E-state index contributed by atoms with van der Waals surface area (Å²) in [5.74, 6) is -0.324. The first-order valence-electron chi connectivity index (χ1n) is 5.28. The first kappa shape index (κ1) is 10.2. The van der Waals surface area contributed by atoms with Crippen LogP contribution in [-0.2, 0) is 24.2 Å². The molecular formula is C12H15NO2. The largest absolute Gasteiger partial charge is 0.387 e. The molecule has 0 unspecified atom stereocenters. The molecule has 1 amide bonds. The molecule has 0 fully saturated rings. The summed E-state index contributed by atoms with van der Waals surface area (Å²) < 4.78 is 0. The fourth-order valence-corrected chi connectivity index (χ4v) is 1.99. The quantitative estimate of drug-likeness (QED) is 0.766. The first-order valence-corrected chi connectivity index (χ1v) is 5.28. The van der Waals surface area contributed by atoms with Crippen molar-refractivity contribution in [3.63, 3.8) is 0 Å². The molecule has 0 bridgehead atoms. The predicted octanol–water partition coefficient (Wildman–Crippen LogP) is 0.784. The average Bonchev–Trinajstić information content (AvgIpc) is 2.72. The predicted molar refractivity (Wildman–Crippen MR) is 57.4 cm³/mol. The fraction of sp³-hybridized carbons (Fsp3) is 0.417. The monoisotopic (exact) mass is 205 g/mol. The zero-order valence-corrected chi connectivity index (χ0v) is 8.62. The highest BCUT2D eigenvalue weighted by Gasteiger charge is 2.10. The van der Waals surface area contributed by atoms with Gasteiger partial charge in [0.2, 0.25) is 5.91 Å². The van der Waals surface area contributed by atoms with E-state index in [1.807, 2.05) is 6.07 Å². The van der Waals surface area contributed by atoms with Crippen LogP contribution < -0.4 is 5.32 Å². The second kappa shape index (κ2) is 4.45. The fourth-order valence-electron chi connectivity index (χ4n) is 1.99. The van der Waals surface area contributed by atoms with Crippen LogP contribution in [0.2, 0.25) is 0 Å². The summed E-state index contributed by atoms with van der Waals surface area (Å²) in [5.41, 5.74) is 3.95. The molecule has 2 N–H and O–H groups in total. The van der Waals surface area contributed by atoms with E-state index in [9.17, 15) is 4.79 Å². The van der Waals surface area contributed by atoms with E-state index in [-0.39, 0.29) is 5.91 Å². The van der Waals surface area contributed by atoms with Gasteiger partial charge in [-0.05, 0) is 36.0 Å². The van der Waals surface area contributed by atoms with E-state index >= 15 is 0 Å². The molecule has 15 heavy (non-hydrogen) atoms. The zero-order valence-electron chi connectivity index (χ0n) is 8.62. The van der Waals surface area contributed by atoms with E-state index < -0.39 is 6.61 Å². The number of aliphatic hydroxyl groups is 1. The molecule has 0 saturated carbocycles. The maximum atomic E-state index is 10.9. The van der Waals surface area contributed by atoms with Gasteiger partial charge >= 0.3 is 0 Å². The molecule has 3 heteroatoms. The normalized spacial score (nSPS) is 13.7. The lowest BCUT2D eigenvalue weighted by molar-refractivity contribution is -0.123. The summed E-state index contributed by atoms with van der Waals surface area (Å²) in [5, 5.41) is 11.2. The summed E-state index contributed by atoms with van der Waals surface area (Å²) in [6, 6.07) is 6.34. The number of hydrogen-bond acceptors (Lipinski definition) is 2. The van der Waals surface area contributed by atoms with Gasteiger partial charge in [0.05, 0.1) is 0 Å². The van der Waals surface area contributed by atoms with E-state index in [4.69, 9.17) is 5.11 Å². The molecular weight excluding hydrogens is 190 g/mol. The number of rotatable bonds is 3. The van der Waals surface area contributed by atoms with Crippen molar-refractivity contribution in [2.24, 2.45) is 0 Å². The maximum Gasteiger partial charge on any atom is 0.245 e. The van der Waals surface area contributed by atoms with Crippen molar-refractivity contribution in [2.45, 2.75) is 25.8 Å². The van der Waals surface area contributed by atoms with Gasteiger partial charge in [0.1, 0.15) is 6.61 Å². The molecule has 1 aromatic rings. The maximum absolute atomic E-state index is 10.9. The SMILES string of the molecule is O=C(CO)NCc1ccc2c(c1)CCC2. The molecule has 1 aromatic carbocycles. The third-order valence-electron chi connectivity index (χ3n) is 2.80. The third-order valence-corrected chi connectivity index (χ3v) is 2.80. The van der Waals surface area contributed by atoms with Crippen LogP contribution in [0, 0.1) is 0 Å². The van der Waals surface area contributed by atoms with Crippen LogP contribution in [0.25, 0.3) is 0 Å². The van der Waals surface area contributed by atoms with Crippen LogP contribution in [0.5, 0.6) is 0 Å². The smallest absolute Gasteiger partial charge is 0.245 e. The number of carbonyl (C=O) groups excluding carboxylic acids is 1. The van der Waals surface area contributed by atoms with E-state index in [2.05, 4.69) is 17.4 Å². The molecule has 1 aliphatic rings. The second-order valence-electron chi connectivity index (χ2n) is 3.89. The van der Waals surface area contributed by atoms with Gasteiger partial charge in [-0.15, -0.1) is 0 Å². The van der Waals surface area contributed by atoms with Gasteiger partial charge in [0.15, 0.2) is 0 Å². The molecule has 0 spiro atoms. The molecule has 0 radical (unpaired) electrons. The topological polar surface area (TPSA) is 49.3 Å². The van der Waals surface area contributed by atoms with Gasteiger partial charge in [0, 0.05) is 6.54 Å². The average molecular weight is 205 g/mol. The number of benzene rings is 1. The molecule has 80 valence electrons. The van der Waals surface area contributed by atoms with E-state index in [0.29, 0.717) is 6.54 Å². The van der Waals surface area contributed by atoms with Gasteiger partial charge in [-0.1, -0.05) is 18.2 Å². The highest BCUT2D eigenvalue weighted by Crippen LogP contribution is 2.22. The van der Waals surface area contributed by atoms with Crippen molar-refractivity contribution < 1.29 is 9.90 Å². The summed E-state index contributed by atoms with van der Waals surface area (Å²) >= 11 is 0. The summed E-state index contributed by atoms with van der Waals surface area (Å²) in [6.07, 6.45) is 3.57. The number of fused-ring (bicyclic) bond motifs is 1. The number of carbonyl (C=O) groups is 1. The number of nitrogens with one attached hydrogen (secondary N) is 1. The van der Waals surface area contributed by atoms with E-state index in [0.717, 1.165) is 12.0 Å². The van der Waals surface area contributed by atoms with Crippen LogP contribution in [0.15, 0.2) is 18.2 Å². The van der Waals surface area contributed by atoms with E-state index in [1.54, 1.807) is 0 Å². The number of hydrogen-bond donors (Lipinski definition) is 2. The van der Waals surface area contributed by atoms with Crippen LogP contribution in [0.4, 0.5) is 0 Å². The molecule has 0 aliphatic heterocycles. The van der Waals surface area contributed by atoms with E-state index in [1.165, 1.54) is 24.0 Å². The molecule has 0 aromatic heterocycles. The van der Waals surface area contributed by atoms with Crippen molar-refractivity contribution in [2.75, 3.05) is 6.61 Å². The lowest BCUT2D eigenvalue weighted by Gasteiger charge is -2.05. The van der Waals surface area contributed by atoms with Crippen molar-refractivity contribution in [1.29, 1.82) is 0 Å². The minimum atomic E-state index is -0.440. The minimum Gasteiger partial charge on any atom is -0.387 e. The van der Waals surface area contributed by atoms with Crippen molar-refractivity contribution in [3.05, 3.63) is 34.9 Å².